The summed E-state index contributed by atoms with van der Waals surface area (Å²) in [5, 5.41) is 75.8. The van der Waals surface area contributed by atoms with Crippen molar-refractivity contribution in [2.45, 2.75) is 281 Å². The number of aliphatic hydroxyl groups is 7. The van der Waals surface area contributed by atoms with Crippen molar-refractivity contribution < 1.29 is 50.0 Å². The standard InChI is InChI=1S/C49H95NO10/c1-3-5-7-9-11-13-15-17-19-20-21-23-24-26-28-30-32-34-36-41(52)44(54)40(39-59-49-47(57)46(56)45(55)43(38-51)60-49)50-48(58)42(53)37-35-33-31-29-27-25-22-18-16-14-12-10-8-6-4-2/h28,30,40-47,49,51-57H,3-27,29,31-39H2,1-2H3,(H,50,58)/b30-28+. The molecule has 8 N–H and O–H groups in total. The lowest BCUT2D eigenvalue weighted by Gasteiger charge is -2.40. The molecule has 1 rings (SSSR count). The molecule has 60 heavy (non-hydrogen) atoms. The summed E-state index contributed by atoms with van der Waals surface area (Å²) in [6.07, 6.45) is 31.1. The molecule has 1 fully saturated rings. The average molecular weight is 858 g/mol. The van der Waals surface area contributed by atoms with Crippen LogP contribution in [0.1, 0.15) is 226 Å². The predicted octanol–water partition coefficient (Wildman–Crippen LogP) is 8.84. The van der Waals surface area contributed by atoms with Gasteiger partial charge in [-0.05, 0) is 38.5 Å². The third-order valence-corrected chi connectivity index (χ3v) is 12.3. The summed E-state index contributed by atoms with van der Waals surface area (Å²) in [5.74, 6) is -0.704. The molecule has 11 heteroatoms. The smallest absolute Gasteiger partial charge is 0.249 e. The third-order valence-electron chi connectivity index (χ3n) is 12.3. The zero-order chi connectivity index (χ0) is 44.1. The maximum absolute atomic E-state index is 13.1. The number of amides is 1. The van der Waals surface area contributed by atoms with Crippen LogP contribution >= 0.6 is 0 Å². The number of aliphatic hydroxyl groups excluding tert-OH is 7. The van der Waals surface area contributed by atoms with Gasteiger partial charge in [0, 0.05) is 0 Å². The zero-order valence-corrected chi connectivity index (χ0v) is 38.5. The van der Waals surface area contributed by atoms with E-state index in [9.17, 15) is 40.5 Å². The van der Waals surface area contributed by atoms with Gasteiger partial charge in [0.2, 0.25) is 5.91 Å². The minimum Gasteiger partial charge on any atom is -0.394 e. The highest BCUT2D eigenvalue weighted by Crippen LogP contribution is 2.23. The Labute approximate surface area is 366 Å². The van der Waals surface area contributed by atoms with Gasteiger partial charge in [0.15, 0.2) is 6.29 Å². The van der Waals surface area contributed by atoms with E-state index in [0.29, 0.717) is 12.8 Å². The highest BCUT2D eigenvalue weighted by molar-refractivity contribution is 5.80. The van der Waals surface area contributed by atoms with Gasteiger partial charge >= 0.3 is 0 Å². The van der Waals surface area contributed by atoms with Crippen LogP contribution in [0.2, 0.25) is 0 Å². The highest BCUT2D eigenvalue weighted by atomic mass is 16.7. The van der Waals surface area contributed by atoms with Gasteiger partial charge < -0.3 is 50.5 Å². The number of hydrogen-bond acceptors (Lipinski definition) is 10. The van der Waals surface area contributed by atoms with E-state index in [0.717, 1.165) is 38.5 Å². The molecule has 9 unspecified atom stereocenters. The van der Waals surface area contributed by atoms with Gasteiger partial charge in [-0.2, -0.15) is 0 Å². The van der Waals surface area contributed by atoms with Crippen LogP contribution in [0.5, 0.6) is 0 Å². The largest absolute Gasteiger partial charge is 0.394 e. The van der Waals surface area contributed by atoms with Crippen LogP contribution in [0.4, 0.5) is 0 Å². The molecule has 0 aromatic heterocycles. The molecule has 0 aliphatic carbocycles. The van der Waals surface area contributed by atoms with Crippen molar-refractivity contribution in [1.29, 1.82) is 0 Å². The summed E-state index contributed by atoms with van der Waals surface area (Å²) in [5.41, 5.74) is 0. The van der Waals surface area contributed by atoms with Crippen molar-refractivity contribution in [3.63, 3.8) is 0 Å². The van der Waals surface area contributed by atoms with Gasteiger partial charge in [0.05, 0.1) is 25.4 Å². The minimum atomic E-state index is -1.66. The normalized spacial score (nSPS) is 21.6. The van der Waals surface area contributed by atoms with Crippen LogP contribution in [0, 0.1) is 0 Å². The Kier molecular flexibility index (Phi) is 37.4. The first kappa shape index (κ1) is 56.9. The molecule has 0 radical (unpaired) electrons. The van der Waals surface area contributed by atoms with Crippen LogP contribution in [-0.4, -0.2) is 110 Å². The van der Waals surface area contributed by atoms with Crippen LogP contribution in [0.25, 0.3) is 0 Å². The Balaban J connectivity index is 2.43. The van der Waals surface area contributed by atoms with Crippen molar-refractivity contribution in [2.75, 3.05) is 13.2 Å². The van der Waals surface area contributed by atoms with Crippen molar-refractivity contribution >= 4 is 5.91 Å². The third kappa shape index (κ3) is 28.5. The van der Waals surface area contributed by atoms with Crippen LogP contribution < -0.4 is 5.32 Å². The Bertz CT molecular complexity index is 986. The number of allylic oxidation sites excluding steroid dienone is 2. The summed E-state index contributed by atoms with van der Waals surface area (Å²) in [4.78, 5) is 13.1. The maximum atomic E-state index is 13.1. The molecule has 0 saturated carbocycles. The maximum Gasteiger partial charge on any atom is 0.249 e. The molecular formula is C49H95NO10. The molecule has 0 spiro atoms. The van der Waals surface area contributed by atoms with Crippen molar-refractivity contribution in [1.82, 2.24) is 5.32 Å². The highest BCUT2D eigenvalue weighted by Gasteiger charge is 2.44. The quantitative estimate of drug-likeness (QED) is 0.0218. The van der Waals surface area contributed by atoms with E-state index in [1.807, 2.05) is 0 Å². The lowest BCUT2D eigenvalue weighted by atomic mass is 9.98. The molecule has 1 amide bonds. The Morgan fingerprint density at radius 2 is 0.983 bits per heavy atom. The molecule has 1 heterocycles. The van der Waals surface area contributed by atoms with Crippen molar-refractivity contribution in [3.8, 4) is 0 Å². The van der Waals surface area contributed by atoms with Gasteiger partial charge in [-0.1, -0.05) is 199 Å². The van der Waals surface area contributed by atoms with E-state index < -0.39 is 74.2 Å². The van der Waals surface area contributed by atoms with E-state index in [1.165, 1.54) is 148 Å². The minimum absolute atomic E-state index is 0.259. The fourth-order valence-corrected chi connectivity index (χ4v) is 8.15. The first-order valence-electron chi connectivity index (χ1n) is 25.1. The molecule has 0 aromatic rings. The number of carbonyl (C=O) groups excluding carboxylic acids is 1. The fourth-order valence-electron chi connectivity index (χ4n) is 8.15. The SMILES string of the molecule is CCCCCCCCCCCCCCC/C=C/CCCC(O)C(O)C(COC1OC(CO)C(O)C(O)C1O)NC(=O)C(O)CCCCCCCCCCCCCCCCC. The summed E-state index contributed by atoms with van der Waals surface area (Å²) in [7, 11) is 0. The Morgan fingerprint density at radius 1 is 0.567 bits per heavy atom. The first-order valence-corrected chi connectivity index (χ1v) is 25.1. The van der Waals surface area contributed by atoms with Crippen LogP contribution in [-0.2, 0) is 14.3 Å². The summed E-state index contributed by atoms with van der Waals surface area (Å²) in [6, 6.07) is -1.18. The van der Waals surface area contributed by atoms with Gasteiger partial charge in [-0.15, -0.1) is 0 Å². The number of carbonyl (C=O) groups is 1. The molecule has 1 aliphatic rings. The van der Waals surface area contributed by atoms with E-state index in [4.69, 9.17) is 9.47 Å². The summed E-state index contributed by atoms with van der Waals surface area (Å²) >= 11 is 0. The number of hydrogen-bond donors (Lipinski definition) is 8. The average Bonchev–Trinajstić information content (AvgIpc) is 3.25. The lowest BCUT2D eigenvalue weighted by molar-refractivity contribution is -0.303. The molecule has 11 nitrogen and oxygen atoms in total. The molecule has 1 aliphatic heterocycles. The van der Waals surface area contributed by atoms with E-state index in [2.05, 4.69) is 31.3 Å². The van der Waals surface area contributed by atoms with Crippen molar-refractivity contribution in [3.05, 3.63) is 12.2 Å². The number of nitrogens with one attached hydrogen (secondary N) is 1. The van der Waals surface area contributed by atoms with Crippen molar-refractivity contribution in [2.24, 2.45) is 0 Å². The monoisotopic (exact) mass is 858 g/mol. The van der Waals surface area contributed by atoms with Gasteiger partial charge in [0.25, 0.3) is 0 Å². The molecule has 0 bridgehead atoms. The fraction of sp³-hybridized carbons (Fsp3) is 0.939. The van der Waals surface area contributed by atoms with Gasteiger partial charge in [0.1, 0.15) is 36.6 Å². The Hall–Kier alpha value is -1.15. The predicted molar refractivity (Wildman–Crippen MR) is 243 cm³/mol. The second-order valence-electron chi connectivity index (χ2n) is 17.9. The number of unbranched alkanes of at least 4 members (excludes halogenated alkanes) is 28. The van der Waals surface area contributed by atoms with Gasteiger partial charge in [-0.3, -0.25) is 4.79 Å². The number of rotatable bonds is 42. The van der Waals surface area contributed by atoms with E-state index in [1.54, 1.807) is 0 Å². The van der Waals surface area contributed by atoms with E-state index >= 15 is 0 Å². The summed E-state index contributed by atoms with van der Waals surface area (Å²) in [6.45, 7) is 3.44. The van der Waals surface area contributed by atoms with Crippen LogP contribution in [0.3, 0.4) is 0 Å². The van der Waals surface area contributed by atoms with Gasteiger partial charge in [-0.25, -0.2) is 0 Å². The molecule has 1 saturated heterocycles. The second-order valence-corrected chi connectivity index (χ2v) is 17.9. The second kappa shape index (κ2) is 39.4. The first-order chi connectivity index (χ1) is 29.2. The molecule has 9 atom stereocenters. The topological polar surface area (TPSA) is 189 Å². The zero-order valence-electron chi connectivity index (χ0n) is 38.5. The van der Waals surface area contributed by atoms with E-state index in [-0.39, 0.29) is 12.8 Å². The lowest BCUT2D eigenvalue weighted by Crippen LogP contribution is -2.60. The Morgan fingerprint density at radius 3 is 1.43 bits per heavy atom. The molecular weight excluding hydrogens is 763 g/mol. The van der Waals surface area contributed by atoms with Crippen LogP contribution in [0.15, 0.2) is 12.2 Å². The molecule has 356 valence electrons. The summed E-state index contributed by atoms with van der Waals surface area (Å²) < 4.78 is 11.1. The number of ether oxygens (including phenoxy) is 2. The molecule has 0 aromatic carbocycles.